The van der Waals surface area contributed by atoms with E-state index < -0.39 is 5.91 Å². The molecule has 0 aliphatic heterocycles. The molecule has 1 aromatic carbocycles. The standard InChI is InChI=1S/C20H15N5O2/c21-9-15(20(27)24-11-26)18(12-4-5-12)14-3-1-2-13(8-14)17-10-23-19-16(25-17)6-7-22-19/h1-3,6-8,10-12H,4-5H2,(H,22,23)(H,24,26,27)/b18-15+. The number of nitrogens with zero attached hydrogens (tertiary/aromatic N) is 3. The quantitative estimate of drug-likeness (QED) is 0.414. The smallest absolute Gasteiger partial charge is 0.268 e. The molecule has 0 atom stereocenters. The van der Waals surface area contributed by atoms with Gasteiger partial charge in [-0.05, 0) is 42.0 Å². The van der Waals surface area contributed by atoms with Gasteiger partial charge in [0.25, 0.3) is 5.91 Å². The van der Waals surface area contributed by atoms with E-state index >= 15 is 0 Å². The molecule has 0 unspecified atom stereocenters. The summed E-state index contributed by atoms with van der Waals surface area (Å²) in [5, 5.41) is 11.6. The maximum atomic E-state index is 12.1. The molecule has 1 fully saturated rings. The number of hydrogen-bond donors (Lipinski definition) is 2. The third-order valence-electron chi connectivity index (χ3n) is 4.51. The first-order valence-corrected chi connectivity index (χ1v) is 8.51. The predicted octanol–water partition coefficient (Wildman–Crippen LogP) is 2.58. The SMILES string of the molecule is N#C/C(C(=O)NC=O)=C(\c1cccc(-c2cnc3[nH]ccc3n2)c1)C1CC1. The van der Waals surface area contributed by atoms with E-state index in [2.05, 4.69) is 20.3 Å². The molecule has 7 heteroatoms. The van der Waals surface area contributed by atoms with Crippen LogP contribution in [0, 0.1) is 17.2 Å². The van der Waals surface area contributed by atoms with E-state index in [1.54, 1.807) is 12.4 Å². The number of aromatic nitrogens is 3. The summed E-state index contributed by atoms with van der Waals surface area (Å²) in [6.45, 7) is 0. The molecule has 2 amide bonds. The summed E-state index contributed by atoms with van der Waals surface area (Å²) in [7, 11) is 0. The van der Waals surface area contributed by atoms with Gasteiger partial charge in [0.05, 0.1) is 11.9 Å². The number of nitrogens with one attached hydrogen (secondary N) is 2. The minimum atomic E-state index is -0.673. The number of fused-ring (bicyclic) bond motifs is 1. The van der Waals surface area contributed by atoms with Crippen LogP contribution >= 0.6 is 0 Å². The number of hydrogen-bond acceptors (Lipinski definition) is 5. The average molecular weight is 357 g/mol. The van der Waals surface area contributed by atoms with Crippen molar-refractivity contribution in [1.29, 1.82) is 5.26 Å². The molecule has 0 bridgehead atoms. The van der Waals surface area contributed by atoms with E-state index in [0.29, 0.717) is 23.3 Å². The van der Waals surface area contributed by atoms with E-state index in [1.807, 2.05) is 36.4 Å². The molecule has 3 aromatic rings. The van der Waals surface area contributed by atoms with Crippen molar-refractivity contribution < 1.29 is 9.59 Å². The van der Waals surface area contributed by atoms with Crippen molar-refractivity contribution in [2.45, 2.75) is 12.8 Å². The fraction of sp³-hybridized carbons (Fsp3) is 0.150. The Balaban J connectivity index is 1.81. The second kappa shape index (κ2) is 6.84. The van der Waals surface area contributed by atoms with Crippen molar-refractivity contribution in [3.8, 4) is 17.3 Å². The number of nitriles is 1. The van der Waals surface area contributed by atoms with Crippen LogP contribution in [0.3, 0.4) is 0 Å². The van der Waals surface area contributed by atoms with Crippen molar-refractivity contribution >= 4 is 29.1 Å². The number of imide groups is 1. The summed E-state index contributed by atoms with van der Waals surface area (Å²) in [4.78, 5) is 34.7. The molecule has 0 radical (unpaired) electrons. The normalized spacial score (nSPS) is 14.3. The van der Waals surface area contributed by atoms with Gasteiger partial charge in [-0.3, -0.25) is 14.9 Å². The molecule has 2 aromatic heterocycles. The molecule has 0 saturated heterocycles. The zero-order chi connectivity index (χ0) is 18.8. The van der Waals surface area contributed by atoms with Gasteiger partial charge in [-0.2, -0.15) is 5.26 Å². The Morgan fingerprint density at radius 1 is 1.33 bits per heavy atom. The summed E-state index contributed by atoms with van der Waals surface area (Å²) >= 11 is 0. The lowest BCUT2D eigenvalue weighted by Crippen LogP contribution is -2.23. The number of benzene rings is 1. The lowest BCUT2D eigenvalue weighted by Gasteiger charge is -2.11. The molecular weight excluding hydrogens is 342 g/mol. The first-order valence-electron chi connectivity index (χ1n) is 8.51. The number of carbonyl (C=O) groups is 2. The van der Waals surface area contributed by atoms with Crippen LogP contribution in [0.4, 0.5) is 0 Å². The lowest BCUT2D eigenvalue weighted by molar-refractivity contribution is -0.122. The molecule has 2 N–H and O–H groups in total. The largest absolute Gasteiger partial charge is 0.345 e. The van der Waals surface area contributed by atoms with Crippen molar-refractivity contribution in [1.82, 2.24) is 20.3 Å². The molecule has 4 rings (SSSR count). The van der Waals surface area contributed by atoms with Crippen LogP contribution in [0.15, 0.2) is 48.3 Å². The van der Waals surface area contributed by atoms with Gasteiger partial charge < -0.3 is 4.98 Å². The van der Waals surface area contributed by atoms with E-state index in [0.717, 1.165) is 29.5 Å². The third kappa shape index (κ3) is 3.20. The van der Waals surface area contributed by atoms with Gasteiger partial charge in [0.2, 0.25) is 6.41 Å². The van der Waals surface area contributed by atoms with Crippen LogP contribution in [0.5, 0.6) is 0 Å². The summed E-state index contributed by atoms with van der Waals surface area (Å²) in [6, 6.07) is 11.4. The van der Waals surface area contributed by atoms with E-state index in [1.165, 1.54) is 0 Å². The molecule has 1 aliphatic carbocycles. The van der Waals surface area contributed by atoms with Crippen LogP contribution in [0.1, 0.15) is 18.4 Å². The zero-order valence-corrected chi connectivity index (χ0v) is 14.3. The fourth-order valence-electron chi connectivity index (χ4n) is 3.13. The van der Waals surface area contributed by atoms with Crippen LogP contribution in [0.25, 0.3) is 28.0 Å². The Kier molecular flexibility index (Phi) is 4.22. The Morgan fingerprint density at radius 3 is 2.93 bits per heavy atom. The van der Waals surface area contributed by atoms with Crippen molar-refractivity contribution in [2.75, 3.05) is 0 Å². The number of H-pyrrole nitrogens is 1. The maximum Gasteiger partial charge on any atom is 0.268 e. The minimum Gasteiger partial charge on any atom is -0.345 e. The second-order valence-electron chi connectivity index (χ2n) is 6.31. The van der Waals surface area contributed by atoms with Gasteiger partial charge in [0.15, 0.2) is 5.65 Å². The van der Waals surface area contributed by atoms with Crippen molar-refractivity contribution in [3.63, 3.8) is 0 Å². The molecule has 27 heavy (non-hydrogen) atoms. The Morgan fingerprint density at radius 2 is 2.19 bits per heavy atom. The van der Waals surface area contributed by atoms with Crippen molar-refractivity contribution in [3.05, 3.63) is 53.9 Å². The first-order chi connectivity index (χ1) is 13.2. The molecule has 1 aliphatic rings. The van der Waals surface area contributed by atoms with Crippen molar-refractivity contribution in [2.24, 2.45) is 5.92 Å². The molecular formula is C20H15N5O2. The second-order valence-corrected chi connectivity index (χ2v) is 6.31. The number of carbonyl (C=O) groups excluding carboxylic acids is 2. The number of amides is 2. The molecule has 7 nitrogen and oxygen atoms in total. The summed E-state index contributed by atoms with van der Waals surface area (Å²) in [5.41, 5.74) is 4.46. The lowest BCUT2D eigenvalue weighted by atomic mass is 9.94. The maximum absolute atomic E-state index is 12.1. The van der Waals surface area contributed by atoms with Gasteiger partial charge in [-0.25, -0.2) is 9.97 Å². The topological polar surface area (TPSA) is 112 Å². The highest BCUT2D eigenvalue weighted by atomic mass is 16.2. The zero-order valence-electron chi connectivity index (χ0n) is 14.3. The van der Waals surface area contributed by atoms with E-state index in [-0.39, 0.29) is 11.5 Å². The van der Waals surface area contributed by atoms with Crippen LogP contribution < -0.4 is 5.32 Å². The summed E-state index contributed by atoms with van der Waals surface area (Å²) in [5.74, 6) is -0.529. The van der Waals surface area contributed by atoms with Crippen LogP contribution in [-0.4, -0.2) is 27.3 Å². The highest BCUT2D eigenvalue weighted by Crippen LogP contribution is 2.44. The fourth-order valence-corrected chi connectivity index (χ4v) is 3.13. The highest BCUT2D eigenvalue weighted by Gasteiger charge is 2.32. The molecule has 0 spiro atoms. The number of rotatable bonds is 5. The van der Waals surface area contributed by atoms with E-state index in [4.69, 9.17) is 0 Å². The molecule has 1 saturated carbocycles. The van der Waals surface area contributed by atoms with Crippen LogP contribution in [-0.2, 0) is 9.59 Å². The predicted molar refractivity (Wildman–Crippen MR) is 98.8 cm³/mol. The Hall–Kier alpha value is -3.79. The summed E-state index contributed by atoms with van der Waals surface area (Å²) < 4.78 is 0. The first kappa shape index (κ1) is 16.7. The highest BCUT2D eigenvalue weighted by molar-refractivity contribution is 6.09. The molecule has 2 heterocycles. The summed E-state index contributed by atoms with van der Waals surface area (Å²) in [6.07, 6.45) is 5.58. The third-order valence-corrected chi connectivity index (χ3v) is 4.51. The monoisotopic (exact) mass is 357 g/mol. The Labute approximate surface area is 154 Å². The average Bonchev–Trinajstić information content (AvgIpc) is 3.41. The Bertz CT molecular complexity index is 1120. The van der Waals surface area contributed by atoms with E-state index in [9.17, 15) is 14.9 Å². The van der Waals surface area contributed by atoms with Gasteiger partial charge in [0, 0.05) is 11.8 Å². The number of allylic oxidation sites excluding steroid dienone is 1. The number of aromatic amines is 1. The van der Waals surface area contributed by atoms with Crippen LogP contribution in [0.2, 0.25) is 0 Å². The van der Waals surface area contributed by atoms with Gasteiger partial charge in [-0.15, -0.1) is 0 Å². The van der Waals surface area contributed by atoms with Gasteiger partial charge in [0.1, 0.15) is 17.2 Å². The van der Waals surface area contributed by atoms with Gasteiger partial charge >= 0.3 is 0 Å². The minimum absolute atomic E-state index is 0.0195. The van der Waals surface area contributed by atoms with Gasteiger partial charge in [-0.1, -0.05) is 18.2 Å². The molecule has 132 valence electrons.